The number of esters is 1. The fraction of sp³-hybridized carbons (Fsp3) is 0.846. The fourth-order valence-corrected chi connectivity index (χ4v) is 5.58. The van der Waals surface area contributed by atoms with Gasteiger partial charge in [0, 0.05) is 12.8 Å². The quantitative estimate of drug-likeness (QED) is 0.449. The number of rotatable bonds is 4. The van der Waals surface area contributed by atoms with Crippen LogP contribution < -0.4 is 10.2 Å². The van der Waals surface area contributed by atoms with Gasteiger partial charge in [-0.05, 0) is 0 Å². The molecule has 0 aromatic heterocycles. The summed E-state index contributed by atoms with van der Waals surface area (Å²) in [6.45, 7) is 1.72. The Morgan fingerprint density at radius 3 is 2.41 bits per heavy atom. The number of sulfone groups is 1. The molecule has 2 atom stereocenters. The van der Waals surface area contributed by atoms with Crippen molar-refractivity contribution in [1.29, 1.82) is 0 Å². The Bertz CT molecular complexity index is 531. The maximum Gasteiger partial charge on any atom is 0.309 e. The van der Waals surface area contributed by atoms with Gasteiger partial charge in [0.05, 0.1) is 49.0 Å². The molecule has 2 rings (SSSR count). The molecular formula is C13H22ClN2O5S+. The number of quaternary nitrogens is 1. The van der Waals surface area contributed by atoms with Crippen molar-refractivity contribution in [2.75, 3.05) is 38.2 Å². The summed E-state index contributed by atoms with van der Waals surface area (Å²) in [6, 6.07) is -0.508. The number of ether oxygens (including phenoxy) is 1. The molecule has 2 fully saturated rings. The third kappa shape index (κ3) is 4.57. The van der Waals surface area contributed by atoms with Crippen LogP contribution in [0.5, 0.6) is 0 Å². The smallest absolute Gasteiger partial charge is 0.309 e. The van der Waals surface area contributed by atoms with Crippen molar-refractivity contribution in [1.82, 2.24) is 5.32 Å². The van der Waals surface area contributed by atoms with E-state index in [1.165, 1.54) is 7.11 Å². The Morgan fingerprint density at radius 1 is 1.27 bits per heavy atom. The summed E-state index contributed by atoms with van der Waals surface area (Å²) in [5.41, 5.74) is 0. The van der Waals surface area contributed by atoms with Gasteiger partial charge in [0.15, 0.2) is 16.4 Å². The molecule has 2 aliphatic heterocycles. The van der Waals surface area contributed by atoms with Crippen LogP contribution in [0.4, 0.5) is 0 Å². The number of nitrogens with one attached hydrogen (secondary N) is 2. The highest BCUT2D eigenvalue weighted by Crippen LogP contribution is 2.17. The van der Waals surface area contributed by atoms with Crippen LogP contribution in [0, 0.1) is 5.92 Å². The minimum atomic E-state index is -3.15. The molecule has 0 aromatic rings. The van der Waals surface area contributed by atoms with Crippen LogP contribution in [0.15, 0.2) is 0 Å². The number of hydrogen-bond acceptors (Lipinski definition) is 5. The van der Waals surface area contributed by atoms with Crippen molar-refractivity contribution in [3.8, 4) is 0 Å². The molecule has 0 aromatic carbocycles. The van der Waals surface area contributed by atoms with Crippen molar-refractivity contribution in [2.24, 2.45) is 5.92 Å². The molecule has 9 heteroatoms. The molecule has 0 bridgehead atoms. The third-order valence-electron chi connectivity index (χ3n) is 4.27. The van der Waals surface area contributed by atoms with Gasteiger partial charge in [-0.15, -0.1) is 11.6 Å². The second-order valence-corrected chi connectivity index (χ2v) is 8.71. The Hall–Kier alpha value is -0.860. The summed E-state index contributed by atoms with van der Waals surface area (Å²) in [4.78, 5) is 24.5. The van der Waals surface area contributed by atoms with Crippen molar-refractivity contribution < 1.29 is 27.6 Å². The molecule has 0 spiro atoms. The Balaban J connectivity index is 1.76. The molecule has 2 N–H and O–H groups in total. The number of amides is 1. The first-order chi connectivity index (χ1) is 10.3. The number of piperidine rings is 1. The maximum atomic E-state index is 12.0. The molecule has 126 valence electrons. The van der Waals surface area contributed by atoms with Gasteiger partial charge < -0.3 is 15.0 Å². The highest BCUT2D eigenvalue weighted by molar-refractivity contribution is 7.91. The van der Waals surface area contributed by atoms with E-state index in [9.17, 15) is 18.0 Å². The normalized spacial score (nSPS) is 34.1. The van der Waals surface area contributed by atoms with Gasteiger partial charge in [0.1, 0.15) is 0 Å². The van der Waals surface area contributed by atoms with Crippen molar-refractivity contribution in [3.63, 3.8) is 0 Å². The summed E-state index contributed by atoms with van der Waals surface area (Å²) in [7, 11) is -1.77. The number of carbonyl (C=O) groups excluding carboxylic acids is 2. The lowest BCUT2D eigenvalue weighted by Crippen LogP contribution is -3.14. The zero-order valence-electron chi connectivity index (χ0n) is 12.5. The van der Waals surface area contributed by atoms with E-state index in [0.717, 1.165) is 18.0 Å². The average molecular weight is 354 g/mol. The van der Waals surface area contributed by atoms with Gasteiger partial charge >= 0.3 is 5.97 Å². The molecule has 7 nitrogen and oxygen atoms in total. The van der Waals surface area contributed by atoms with E-state index in [0.29, 0.717) is 12.8 Å². The molecule has 2 saturated heterocycles. The Kier molecular flexibility index (Phi) is 5.68. The number of hydrogen-bond donors (Lipinski definition) is 2. The monoisotopic (exact) mass is 353 g/mol. The zero-order valence-corrected chi connectivity index (χ0v) is 14.1. The fourth-order valence-electron chi connectivity index (χ4n) is 3.03. The SMILES string of the molecule is COC(=O)C1CC[NH+](CC(=O)N[C@@H]2CS(=O)(=O)C[C@@H]2Cl)CC1. The van der Waals surface area contributed by atoms with Gasteiger partial charge in [-0.3, -0.25) is 9.59 Å². The first-order valence-electron chi connectivity index (χ1n) is 7.36. The van der Waals surface area contributed by atoms with E-state index in [2.05, 4.69) is 5.32 Å². The number of alkyl halides is 1. The van der Waals surface area contributed by atoms with E-state index in [4.69, 9.17) is 16.3 Å². The van der Waals surface area contributed by atoms with Crippen LogP contribution in [-0.4, -0.2) is 70.0 Å². The lowest BCUT2D eigenvalue weighted by Gasteiger charge is -2.27. The first-order valence-corrected chi connectivity index (χ1v) is 9.62. The standard InChI is InChI=1S/C13H21ClN2O5S/c1-21-13(18)9-2-4-16(5-3-9)6-12(17)15-11-8-22(19,20)7-10(11)14/h9-11H,2-8H2,1H3,(H,15,17)/p+1/t10-,11+/m0/s1. The number of methoxy groups -OCH3 is 1. The summed E-state index contributed by atoms with van der Waals surface area (Å²) in [5.74, 6) is -0.642. The second-order valence-electron chi connectivity index (χ2n) is 5.99. The topological polar surface area (TPSA) is 94.0 Å². The van der Waals surface area contributed by atoms with Crippen molar-refractivity contribution in [2.45, 2.75) is 24.3 Å². The maximum absolute atomic E-state index is 12.0. The van der Waals surface area contributed by atoms with Crippen molar-refractivity contribution >= 4 is 33.3 Å². The van der Waals surface area contributed by atoms with Gasteiger partial charge in [-0.2, -0.15) is 0 Å². The number of carbonyl (C=O) groups is 2. The average Bonchev–Trinajstić information content (AvgIpc) is 2.71. The highest BCUT2D eigenvalue weighted by atomic mass is 35.5. The van der Waals surface area contributed by atoms with Crippen LogP contribution in [0.25, 0.3) is 0 Å². The van der Waals surface area contributed by atoms with Gasteiger partial charge in [0.2, 0.25) is 0 Å². The molecule has 0 radical (unpaired) electrons. The summed E-state index contributed by atoms with van der Waals surface area (Å²) in [5, 5.41) is 2.15. The van der Waals surface area contributed by atoms with Gasteiger partial charge in [-0.25, -0.2) is 8.42 Å². The van der Waals surface area contributed by atoms with E-state index in [1.54, 1.807) is 0 Å². The zero-order chi connectivity index (χ0) is 16.3. The van der Waals surface area contributed by atoms with Crippen LogP contribution in [0.1, 0.15) is 12.8 Å². The third-order valence-corrected chi connectivity index (χ3v) is 6.64. The Morgan fingerprint density at radius 2 is 1.91 bits per heavy atom. The minimum absolute atomic E-state index is 0.0796. The first kappa shape index (κ1) is 17.5. The van der Waals surface area contributed by atoms with Crippen molar-refractivity contribution in [3.05, 3.63) is 0 Å². The van der Waals surface area contributed by atoms with Crippen LogP contribution in [-0.2, 0) is 24.2 Å². The molecule has 2 aliphatic rings. The van der Waals surface area contributed by atoms with Crippen LogP contribution in [0.2, 0.25) is 0 Å². The molecule has 0 unspecified atom stereocenters. The lowest BCUT2D eigenvalue weighted by atomic mass is 9.97. The number of halogens is 1. The van der Waals surface area contributed by atoms with E-state index in [-0.39, 0.29) is 35.8 Å². The molecule has 0 aliphatic carbocycles. The minimum Gasteiger partial charge on any atom is -0.469 e. The van der Waals surface area contributed by atoms with Crippen LogP contribution >= 0.6 is 11.6 Å². The predicted molar refractivity (Wildman–Crippen MR) is 80.5 cm³/mol. The molecule has 2 heterocycles. The van der Waals surface area contributed by atoms with Gasteiger partial charge in [0.25, 0.3) is 5.91 Å². The summed E-state index contributed by atoms with van der Waals surface area (Å²) in [6.07, 6.45) is 1.40. The van der Waals surface area contributed by atoms with E-state index < -0.39 is 21.3 Å². The molecule has 22 heavy (non-hydrogen) atoms. The number of likely N-dealkylation sites (tertiary alicyclic amines) is 1. The van der Waals surface area contributed by atoms with E-state index >= 15 is 0 Å². The Labute approximate surface area is 135 Å². The predicted octanol–water partition coefficient (Wildman–Crippen LogP) is -2.03. The van der Waals surface area contributed by atoms with Crippen LogP contribution in [0.3, 0.4) is 0 Å². The largest absolute Gasteiger partial charge is 0.469 e. The lowest BCUT2D eigenvalue weighted by molar-refractivity contribution is -0.897. The highest BCUT2D eigenvalue weighted by Gasteiger charge is 2.38. The van der Waals surface area contributed by atoms with E-state index in [1.807, 2.05) is 0 Å². The summed E-state index contributed by atoms with van der Waals surface area (Å²) >= 11 is 5.97. The molecular weight excluding hydrogens is 332 g/mol. The second kappa shape index (κ2) is 7.14. The van der Waals surface area contributed by atoms with Gasteiger partial charge in [-0.1, -0.05) is 0 Å². The molecule has 0 saturated carbocycles. The summed E-state index contributed by atoms with van der Waals surface area (Å²) < 4.78 is 27.7. The molecule has 1 amide bonds.